The lowest BCUT2D eigenvalue weighted by molar-refractivity contribution is 0.586. The topological polar surface area (TPSA) is 26.0 Å². The first-order valence-electron chi connectivity index (χ1n) is 4.38. The molecule has 0 fully saturated rings. The second-order valence-electron chi connectivity index (χ2n) is 4.43. The second kappa shape index (κ2) is 3.22. The zero-order chi connectivity index (χ0) is 10.2. The molecule has 0 saturated heterocycles. The predicted molar refractivity (Wildman–Crippen MR) is 59.3 cm³/mol. The number of nitrogens with two attached hydrogens (primary N) is 1. The third kappa shape index (κ3) is 2.16. The highest BCUT2D eigenvalue weighted by Crippen LogP contribution is 2.31. The maximum Gasteiger partial charge on any atom is 0.0458 e. The fraction of sp³-hybridized carbons (Fsp3) is 0.455. The van der Waals surface area contributed by atoms with Gasteiger partial charge < -0.3 is 5.73 Å². The summed E-state index contributed by atoms with van der Waals surface area (Å²) in [6, 6.07) is 3.80. The number of benzene rings is 1. The summed E-state index contributed by atoms with van der Waals surface area (Å²) in [7, 11) is 0. The molecule has 13 heavy (non-hydrogen) atoms. The molecule has 0 aliphatic rings. The molecule has 0 aromatic heterocycles. The Labute approximate surface area is 84.9 Å². The molecular weight excluding hydrogens is 182 g/mol. The van der Waals surface area contributed by atoms with Crippen LogP contribution in [0, 0.1) is 6.92 Å². The van der Waals surface area contributed by atoms with Gasteiger partial charge in [-0.1, -0.05) is 32.4 Å². The molecule has 72 valence electrons. The predicted octanol–water partition coefficient (Wildman–Crippen LogP) is 3.53. The van der Waals surface area contributed by atoms with Gasteiger partial charge >= 0.3 is 0 Å². The Morgan fingerprint density at radius 1 is 1.23 bits per heavy atom. The molecule has 0 spiro atoms. The molecule has 1 aromatic carbocycles. The first-order chi connectivity index (χ1) is 5.82. The highest BCUT2D eigenvalue weighted by atomic mass is 35.5. The molecule has 2 N–H and O–H groups in total. The Morgan fingerprint density at radius 2 is 1.77 bits per heavy atom. The smallest absolute Gasteiger partial charge is 0.0458 e. The Balaban J connectivity index is 3.37. The minimum atomic E-state index is 0.100. The number of hydrogen-bond acceptors (Lipinski definition) is 1. The van der Waals surface area contributed by atoms with E-state index in [9.17, 15) is 0 Å². The van der Waals surface area contributed by atoms with Crippen molar-refractivity contribution in [2.24, 2.45) is 0 Å². The van der Waals surface area contributed by atoms with E-state index >= 15 is 0 Å². The first kappa shape index (κ1) is 10.4. The molecular formula is C11H16ClN. The lowest BCUT2D eigenvalue weighted by atomic mass is 9.84. The number of anilines is 1. The van der Waals surface area contributed by atoms with E-state index in [4.69, 9.17) is 17.3 Å². The van der Waals surface area contributed by atoms with Gasteiger partial charge in [0.15, 0.2) is 0 Å². The first-order valence-corrected chi connectivity index (χ1v) is 4.76. The van der Waals surface area contributed by atoms with Gasteiger partial charge in [-0.2, -0.15) is 0 Å². The minimum absolute atomic E-state index is 0.100. The van der Waals surface area contributed by atoms with Crippen LogP contribution in [0.5, 0.6) is 0 Å². The largest absolute Gasteiger partial charge is 0.399 e. The molecule has 0 aliphatic carbocycles. The van der Waals surface area contributed by atoms with Crippen molar-refractivity contribution in [3.05, 3.63) is 28.3 Å². The molecule has 0 bridgehead atoms. The van der Waals surface area contributed by atoms with Crippen LogP contribution in [0.4, 0.5) is 5.69 Å². The van der Waals surface area contributed by atoms with E-state index < -0.39 is 0 Å². The molecule has 1 rings (SSSR count). The van der Waals surface area contributed by atoms with E-state index in [1.807, 2.05) is 13.0 Å². The highest BCUT2D eigenvalue weighted by Gasteiger charge is 2.17. The summed E-state index contributed by atoms with van der Waals surface area (Å²) in [5.74, 6) is 0. The quantitative estimate of drug-likeness (QED) is 0.633. The van der Waals surface area contributed by atoms with E-state index in [1.54, 1.807) is 6.07 Å². The fourth-order valence-corrected chi connectivity index (χ4v) is 1.71. The number of halogens is 1. The van der Waals surface area contributed by atoms with Crippen molar-refractivity contribution in [1.82, 2.24) is 0 Å². The van der Waals surface area contributed by atoms with Crippen LogP contribution in [0.15, 0.2) is 12.1 Å². The molecule has 1 nitrogen and oxygen atoms in total. The molecule has 0 saturated carbocycles. The van der Waals surface area contributed by atoms with E-state index in [0.717, 1.165) is 16.3 Å². The van der Waals surface area contributed by atoms with Crippen LogP contribution in [0.1, 0.15) is 31.9 Å². The standard InChI is InChI=1S/C11H16ClN/c1-7-9(11(2,3)4)5-8(13)6-10(7)12/h5-6H,13H2,1-4H3. The molecule has 0 atom stereocenters. The number of rotatable bonds is 0. The Morgan fingerprint density at radius 3 is 2.23 bits per heavy atom. The molecule has 2 heteroatoms. The summed E-state index contributed by atoms with van der Waals surface area (Å²) in [5, 5.41) is 0.755. The van der Waals surface area contributed by atoms with Gasteiger partial charge in [0.2, 0.25) is 0 Å². The third-order valence-electron chi connectivity index (χ3n) is 2.17. The van der Waals surface area contributed by atoms with Crippen molar-refractivity contribution < 1.29 is 0 Å². The normalized spacial score (nSPS) is 11.8. The van der Waals surface area contributed by atoms with Crippen LogP contribution in [0.2, 0.25) is 5.02 Å². The van der Waals surface area contributed by atoms with Crippen molar-refractivity contribution in [2.45, 2.75) is 33.1 Å². The maximum absolute atomic E-state index is 6.05. The van der Waals surface area contributed by atoms with Crippen molar-refractivity contribution >= 4 is 17.3 Å². The highest BCUT2D eigenvalue weighted by molar-refractivity contribution is 6.31. The van der Waals surface area contributed by atoms with Crippen molar-refractivity contribution in [1.29, 1.82) is 0 Å². The zero-order valence-corrected chi connectivity index (χ0v) is 9.37. The van der Waals surface area contributed by atoms with Gasteiger partial charge in [0.05, 0.1) is 0 Å². The summed E-state index contributed by atoms with van der Waals surface area (Å²) >= 11 is 6.05. The van der Waals surface area contributed by atoms with Crippen LogP contribution in [-0.4, -0.2) is 0 Å². The molecule has 0 amide bonds. The van der Waals surface area contributed by atoms with Crippen LogP contribution < -0.4 is 5.73 Å². The lowest BCUT2D eigenvalue weighted by Gasteiger charge is -2.22. The van der Waals surface area contributed by atoms with E-state index in [2.05, 4.69) is 20.8 Å². The van der Waals surface area contributed by atoms with Gasteiger partial charge in [-0.25, -0.2) is 0 Å². The van der Waals surface area contributed by atoms with Gasteiger partial charge in [0.1, 0.15) is 0 Å². The van der Waals surface area contributed by atoms with Gasteiger partial charge in [-0.3, -0.25) is 0 Å². The minimum Gasteiger partial charge on any atom is -0.399 e. The Bertz CT molecular complexity index is 324. The zero-order valence-electron chi connectivity index (χ0n) is 8.61. The lowest BCUT2D eigenvalue weighted by Crippen LogP contribution is -2.13. The van der Waals surface area contributed by atoms with Crippen molar-refractivity contribution in [3.63, 3.8) is 0 Å². The number of hydrogen-bond donors (Lipinski definition) is 1. The third-order valence-corrected chi connectivity index (χ3v) is 2.57. The van der Waals surface area contributed by atoms with Gasteiger partial charge in [0.25, 0.3) is 0 Å². The molecule has 0 radical (unpaired) electrons. The van der Waals surface area contributed by atoms with Crippen LogP contribution in [-0.2, 0) is 5.41 Å². The van der Waals surface area contributed by atoms with Gasteiger partial charge in [0, 0.05) is 10.7 Å². The van der Waals surface area contributed by atoms with Crippen molar-refractivity contribution in [3.8, 4) is 0 Å². The molecule has 1 aromatic rings. The van der Waals surface area contributed by atoms with E-state index in [0.29, 0.717) is 0 Å². The molecule has 0 unspecified atom stereocenters. The Hall–Kier alpha value is -0.690. The summed E-state index contributed by atoms with van der Waals surface area (Å²) in [5.41, 5.74) is 8.93. The second-order valence-corrected chi connectivity index (χ2v) is 4.83. The van der Waals surface area contributed by atoms with Gasteiger partial charge in [-0.15, -0.1) is 0 Å². The number of nitrogen functional groups attached to an aromatic ring is 1. The Kier molecular flexibility index (Phi) is 2.58. The molecule has 0 heterocycles. The fourth-order valence-electron chi connectivity index (χ4n) is 1.48. The van der Waals surface area contributed by atoms with Crippen molar-refractivity contribution in [2.75, 3.05) is 5.73 Å². The SMILES string of the molecule is Cc1c(Cl)cc(N)cc1C(C)(C)C. The summed E-state index contributed by atoms with van der Waals surface area (Å²) < 4.78 is 0. The van der Waals surface area contributed by atoms with Crippen LogP contribution in [0.3, 0.4) is 0 Å². The van der Waals surface area contributed by atoms with Crippen LogP contribution in [0.25, 0.3) is 0 Å². The summed E-state index contributed by atoms with van der Waals surface area (Å²) in [6.45, 7) is 8.50. The average Bonchev–Trinajstić information content (AvgIpc) is 1.94. The molecule has 0 aliphatic heterocycles. The maximum atomic E-state index is 6.05. The van der Waals surface area contributed by atoms with Gasteiger partial charge in [-0.05, 0) is 35.6 Å². The van der Waals surface area contributed by atoms with Crippen LogP contribution >= 0.6 is 11.6 Å². The monoisotopic (exact) mass is 197 g/mol. The summed E-state index contributed by atoms with van der Waals surface area (Å²) in [4.78, 5) is 0. The van der Waals surface area contributed by atoms with E-state index in [-0.39, 0.29) is 5.41 Å². The summed E-state index contributed by atoms with van der Waals surface area (Å²) in [6.07, 6.45) is 0. The average molecular weight is 198 g/mol. The van der Waals surface area contributed by atoms with E-state index in [1.165, 1.54) is 5.56 Å².